The average Bonchev–Trinajstić information content (AvgIpc) is 2.36. The fraction of sp³-hybridized carbons (Fsp3) is 0.545. The maximum atomic E-state index is 11.8. The first-order valence-corrected chi connectivity index (χ1v) is 5.78. The molecule has 0 aliphatic carbocycles. The highest BCUT2D eigenvalue weighted by molar-refractivity contribution is 5.68. The van der Waals surface area contributed by atoms with Gasteiger partial charge in [-0.25, -0.2) is 9.48 Å². The molecule has 0 aromatic carbocycles. The summed E-state index contributed by atoms with van der Waals surface area (Å²) in [6.45, 7) is 2.34. The molecule has 8 nitrogen and oxygen atoms in total. The molecular formula is C11H17N3O5. The van der Waals surface area contributed by atoms with E-state index in [0.29, 0.717) is 18.8 Å². The second kappa shape index (κ2) is 7.37. The molecule has 0 aliphatic rings. The van der Waals surface area contributed by atoms with Crippen LogP contribution in [0.25, 0.3) is 0 Å². The van der Waals surface area contributed by atoms with Crippen molar-refractivity contribution >= 4 is 11.7 Å². The lowest BCUT2D eigenvalue weighted by Gasteiger charge is -2.11. The van der Waals surface area contributed by atoms with Crippen molar-refractivity contribution < 1.29 is 19.4 Å². The van der Waals surface area contributed by atoms with Gasteiger partial charge in [0.1, 0.15) is 12.3 Å². The Morgan fingerprint density at radius 3 is 2.95 bits per heavy atom. The number of carboxylic acid groups (broad SMARTS) is 1. The topological polar surface area (TPSA) is 103 Å². The van der Waals surface area contributed by atoms with Gasteiger partial charge in [-0.05, 0) is 6.92 Å². The van der Waals surface area contributed by atoms with E-state index in [1.165, 1.54) is 17.9 Å². The average molecular weight is 271 g/mol. The monoisotopic (exact) mass is 271 g/mol. The van der Waals surface area contributed by atoms with E-state index < -0.39 is 5.97 Å². The van der Waals surface area contributed by atoms with Crippen LogP contribution in [0, 0.1) is 0 Å². The van der Waals surface area contributed by atoms with E-state index in [1.807, 2.05) is 0 Å². The van der Waals surface area contributed by atoms with Gasteiger partial charge in [0.05, 0.1) is 19.4 Å². The molecule has 0 radical (unpaired) electrons. The molecule has 1 aromatic heterocycles. The van der Waals surface area contributed by atoms with Crippen molar-refractivity contribution in [2.75, 3.05) is 31.7 Å². The second-order valence-corrected chi connectivity index (χ2v) is 3.62. The molecule has 0 spiro atoms. The molecule has 1 rings (SSSR count). The first kappa shape index (κ1) is 15.0. The summed E-state index contributed by atoms with van der Waals surface area (Å²) in [7, 11) is 1.53. The highest BCUT2D eigenvalue weighted by Gasteiger charge is 2.10. The Bertz CT molecular complexity index is 486. The van der Waals surface area contributed by atoms with Crippen LogP contribution in [0.2, 0.25) is 0 Å². The van der Waals surface area contributed by atoms with Crippen LogP contribution in [0.3, 0.4) is 0 Å². The number of hydrogen-bond acceptors (Lipinski definition) is 6. The Kier molecular flexibility index (Phi) is 5.80. The fourth-order valence-electron chi connectivity index (χ4n) is 1.34. The van der Waals surface area contributed by atoms with E-state index in [1.54, 1.807) is 6.92 Å². The molecule has 0 fully saturated rings. The lowest BCUT2D eigenvalue weighted by atomic mass is 10.4. The van der Waals surface area contributed by atoms with Gasteiger partial charge >= 0.3 is 11.5 Å². The van der Waals surface area contributed by atoms with Gasteiger partial charge in [-0.15, -0.1) is 0 Å². The normalized spacial score (nSPS) is 10.2. The number of aliphatic carboxylic acids is 1. The van der Waals surface area contributed by atoms with Crippen LogP contribution in [0.1, 0.15) is 6.92 Å². The zero-order valence-electron chi connectivity index (χ0n) is 10.9. The van der Waals surface area contributed by atoms with Gasteiger partial charge in [0.15, 0.2) is 0 Å². The maximum Gasteiger partial charge on any atom is 0.329 e. The van der Waals surface area contributed by atoms with Gasteiger partial charge in [-0.1, -0.05) is 0 Å². The molecule has 0 atom stereocenters. The van der Waals surface area contributed by atoms with Gasteiger partial charge in [-0.3, -0.25) is 4.79 Å². The SMILES string of the molecule is CCOc1c(NCCOCC(=O)O)cnn(C)c1=O. The Balaban J connectivity index is 2.60. The molecule has 19 heavy (non-hydrogen) atoms. The number of aromatic nitrogens is 2. The van der Waals surface area contributed by atoms with Crippen LogP contribution in [0.4, 0.5) is 5.69 Å². The predicted octanol–water partition coefficient (Wildman–Crippen LogP) is -0.308. The standard InChI is InChI=1S/C11H17N3O5/c1-3-19-10-8(6-13-14(2)11(10)17)12-4-5-18-7-9(15)16/h6,12H,3-5,7H2,1-2H3,(H,15,16). The first-order chi connectivity index (χ1) is 9.06. The van der Waals surface area contributed by atoms with Crippen LogP contribution in [-0.4, -0.2) is 47.2 Å². The summed E-state index contributed by atoms with van der Waals surface area (Å²) >= 11 is 0. The molecular weight excluding hydrogens is 254 g/mol. The van der Waals surface area contributed by atoms with Crippen LogP contribution in [0.15, 0.2) is 11.0 Å². The lowest BCUT2D eigenvalue weighted by Crippen LogP contribution is -2.24. The van der Waals surface area contributed by atoms with Crippen molar-refractivity contribution in [2.45, 2.75) is 6.92 Å². The van der Waals surface area contributed by atoms with Gasteiger partial charge in [0.2, 0.25) is 5.75 Å². The third-order valence-corrected chi connectivity index (χ3v) is 2.17. The molecule has 8 heteroatoms. The van der Waals surface area contributed by atoms with Crippen molar-refractivity contribution in [3.8, 4) is 5.75 Å². The van der Waals surface area contributed by atoms with Crippen LogP contribution >= 0.6 is 0 Å². The Hall–Kier alpha value is -2.09. The third kappa shape index (κ3) is 4.59. The van der Waals surface area contributed by atoms with Crippen molar-refractivity contribution in [3.63, 3.8) is 0 Å². The molecule has 1 heterocycles. The highest BCUT2D eigenvalue weighted by Crippen LogP contribution is 2.17. The smallest absolute Gasteiger partial charge is 0.329 e. The van der Waals surface area contributed by atoms with Crippen LogP contribution in [0.5, 0.6) is 5.75 Å². The van der Waals surface area contributed by atoms with E-state index in [4.69, 9.17) is 14.6 Å². The second-order valence-electron chi connectivity index (χ2n) is 3.62. The summed E-state index contributed by atoms with van der Waals surface area (Å²) in [4.78, 5) is 22.0. The number of carboxylic acids is 1. The molecule has 0 bridgehead atoms. The zero-order valence-corrected chi connectivity index (χ0v) is 10.9. The number of carbonyl (C=O) groups is 1. The quantitative estimate of drug-likeness (QED) is 0.625. The summed E-state index contributed by atoms with van der Waals surface area (Å²) in [6, 6.07) is 0. The fourth-order valence-corrected chi connectivity index (χ4v) is 1.34. The van der Waals surface area contributed by atoms with Gasteiger partial charge in [0, 0.05) is 13.6 Å². The first-order valence-electron chi connectivity index (χ1n) is 5.78. The largest absolute Gasteiger partial charge is 0.487 e. The zero-order chi connectivity index (χ0) is 14.3. The number of rotatable bonds is 8. The van der Waals surface area contributed by atoms with Gasteiger partial charge < -0.3 is 19.9 Å². The molecule has 0 amide bonds. The summed E-state index contributed by atoms with van der Waals surface area (Å²) in [6.07, 6.45) is 1.48. The number of nitrogens with one attached hydrogen (secondary N) is 1. The van der Waals surface area contributed by atoms with Crippen molar-refractivity contribution in [2.24, 2.45) is 7.05 Å². The summed E-state index contributed by atoms with van der Waals surface area (Å²) in [5.74, 6) is -0.830. The minimum absolute atomic E-state index is 0.193. The molecule has 2 N–H and O–H groups in total. The Morgan fingerprint density at radius 1 is 1.58 bits per heavy atom. The molecule has 0 saturated carbocycles. The minimum atomic E-state index is -1.02. The summed E-state index contributed by atoms with van der Waals surface area (Å²) in [5.41, 5.74) is 0.127. The molecule has 0 saturated heterocycles. The Labute approximate surface area is 109 Å². The molecule has 0 unspecified atom stereocenters. The van der Waals surface area contributed by atoms with Gasteiger partial charge in [-0.2, -0.15) is 5.10 Å². The van der Waals surface area contributed by atoms with E-state index in [2.05, 4.69) is 10.4 Å². The lowest BCUT2D eigenvalue weighted by molar-refractivity contribution is -0.142. The van der Waals surface area contributed by atoms with E-state index >= 15 is 0 Å². The number of nitrogens with zero attached hydrogens (tertiary/aromatic N) is 2. The molecule has 106 valence electrons. The van der Waals surface area contributed by atoms with Gasteiger partial charge in [0.25, 0.3) is 0 Å². The third-order valence-electron chi connectivity index (χ3n) is 2.17. The highest BCUT2D eigenvalue weighted by atomic mass is 16.5. The van der Waals surface area contributed by atoms with E-state index in [-0.39, 0.29) is 24.5 Å². The number of hydrogen-bond donors (Lipinski definition) is 2. The maximum absolute atomic E-state index is 11.8. The predicted molar refractivity (Wildman–Crippen MR) is 67.6 cm³/mol. The minimum Gasteiger partial charge on any atom is -0.487 e. The molecule has 1 aromatic rings. The van der Waals surface area contributed by atoms with E-state index in [0.717, 1.165) is 0 Å². The number of aryl methyl sites for hydroxylation is 1. The van der Waals surface area contributed by atoms with Crippen LogP contribution in [-0.2, 0) is 16.6 Å². The summed E-state index contributed by atoms with van der Waals surface area (Å²) < 4.78 is 11.3. The van der Waals surface area contributed by atoms with Crippen molar-refractivity contribution in [3.05, 3.63) is 16.6 Å². The molecule has 0 aliphatic heterocycles. The Morgan fingerprint density at radius 2 is 2.32 bits per heavy atom. The van der Waals surface area contributed by atoms with E-state index in [9.17, 15) is 9.59 Å². The summed E-state index contributed by atoms with van der Waals surface area (Å²) in [5, 5.41) is 15.2. The number of ether oxygens (including phenoxy) is 2. The van der Waals surface area contributed by atoms with Crippen LogP contribution < -0.4 is 15.6 Å². The van der Waals surface area contributed by atoms with Crippen molar-refractivity contribution in [1.29, 1.82) is 0 Å². The van der Waals surface area contributed by atoms with Crippen molar-refractivity contribution in [1.82, 2.24) is 9.78 Å². The number of anilines is 1.